The van der Waals surface area contributed by atoms with Crippen LogP contribution in [0.3, 0.4) is 0 Å². The summed E-state index contributed by atoms with van der Waals surface area (Å²) in [4.78, 5) is 2.76. The number of hydrogen-bond acceptors (Lipinski definition) is 2. The van der Waals surface area contributed by atoms with E-state index in [0.29, 0.717) is 18.7 Å². The van der Waals surface area contributed by atoms with E-state index < -0.39 is 11.7 Å². The fraction of sp³-hybridized carbons (Fsp3) is 0.333. The summed E-state index contributed by atoms with van der Waals surface area (Å²) >= 11 is 7.19. The molecule has 1 heterocycles. The summed E-state index contributed by atoms with van der Waals surface area (Å²) in [5, 5.41) is 1.92. The lowest BCUT2D eigenvalue weighted by molar-refractivity contribution is -0.137. The highest BCUT2D eigenvalue weighted by molar-refractivity contribution is 7.09. The van der Waals surface area contributed by atoms with Crippen LogP contribution in [0.15, 0.2) is 35.7 Å². The third-order valence-electron chi connectivity index (χ3n) is 3.17. The van der Waals surface area contributed by atoms with Crippen molar-refractivity contribution in [2.45, 2.75) is 25.5 Å². The van der Waals surface area contributed by atoms with Crippen molar-refractivity contribution in [1.29, 1.82) is 0 Å². The van der Waals surface area contributed by atoms with Crippen molar-refractivity contribution in [3.05, 3.63) is 51.7 Å². The number of hydrogen-bond donors (Lipinski definition) is 0. The monoisotopic (exact) mass is 333 g/mol. The molecule has 0 aliphatic heterocycles. The van der Waals surface area contributed by atoms with Gasteiger partial charge >= 0.3 is 6.18 Å². The maximum atomic E-state index is 13.3. The van der Waals surface area contributed by atoms with E-state index in [4.69, 9.17) is 11.6 Å². The van der Waals surface area contributed by atoms with Crippen LogP contribution in [0.4, 0.5) is 18.9 Å². The number of halogens is 4. The third kappa shape index (κ3) is 3.92. The molecule has 0 aliphatic rings. The van der Waals surface area contributed by atoms with Crippen LogP contribution in [-0.4, -0.2) is 6.54 Å². The Hall–Kier alpha value is -1.20. The van der Waals surface area contributed by atoms with Gasteiger partial charge in [0.2, 0.25) is 0 Å². The lowest BCUT2D eigenvalue weighted by Crippen LogP contribution is -2.25. The molecular weight excluding hydrogens is 319 g/mol. The molecule has 0 amide bonds. The Labute approximate surface area is 131 Å². The number of nitrogens with zero attached hydrogens (tertiary/aromatic N) is 1. The largest absolute Gasteiger partial charge is 0.418 e. The van der Waals surface area contributed by atoms with Gasteiger partial charge in [0.1, 0.15) is 0 Å². The molecule has 2 rings (SSSR count). The van der Waals surface area contributed by atoms with Gasteiger partial charge in [0.15, 0.2) is 0 Å². The molecule has 0 fully saturated rings. The molecule has 0 saturated heterocycles. The predicted molar refractivity (Wildman–Crippen MR) is 82.0 cm³/mol. The highest BCUT2D eigenvalue weighted by atomic mass is 35.5. The fourth-order valence-corrected chi connectivity index (χ4v) is 3.01. The number of thiophene rings is 1. The van der Waals surface area contributed by atoms with Crippen molar-refractivity contribution in [3.8, 4) is 0 Å². The van der Waals surface area contributed by atoms with E-state index in [9.17, 15) is 13.2 Å². The summed E-state index contributed by atoms with van der Waals surface area (Å²) in [5.41, 5.74) is 0.0474. The Morgan fingerprint density at radius 2 is 2.00 bits per heavy atom. The van der Waals surface area contributed by atoms with Gasteiger partial charge in [-0.1, -0.05) is 12.1 Å². The molecule has 0 atom stereocenters. The van der Waals surface area contributed by atoms with Crippen LogP contribution in [0, 0.1) is 0 Å². The minimum Gasteiger partial charge on any atom is -0.366 e. The topological polar surface area (TPSA) is 3.24 Å². The van der Waals surface area contributed by atoms with Gasteiger partial charge in [0.25, 0.3) is 0 Å². The fourth-order valence-electron chi connectivity index (χ4n) is 2.13. The zero-order valence-corrected chi connectivity index (χ0v) is 13.0. The second kappa shape index (κ2) is 6.71. The van der Waals surface area contributed by atoms with Crippen molar-refractivity contribution in [2.75, 3.05) is 11.4 Å². The van der Waals surface area contributed by atoms with Gasteiger partial charge in [0.05, 0.1) is 12.1 Å². The summed E-state index contributed by atoms with van der Waals surface area (Å²) in [6, 6.07) is 8.12. The van der Waals surface area contributed by atoms with Crippen molar-refractivity contribution < 1.29 is 13.2 Å². The van der Waals surface area contributed by atoms with Gasteiger partial charge in [-0.2, -0.15) is 13.2 Å². The Balaban J connectivity index is 2.40. The van der Waals surface area contributed by atoms with E-state index in [0.717, 1.165) is 10.9 Å². The van der Waals surface area contributed by atoms with Crippen LogP contribution in [0.5, 0.6) is 0 Å². The summed E-state index contributed by atoms with van der Waals surface area (Å²) in [6.45, 7) is 2.82. The van der Waals surface area contributed by atoms with Crippen molar-refractivity contribution in [2.24, 2.45) is 0 Å². The second-order valence-electron chi connectivity index (χ2n) is 4.58. The first-order chi connectivity index (χ1) is 9.95. The maximum absolute atomic E-state index is 13.3. The molecule has 114 valence electrons. The number of benzene rings is 1. The molecule has 1 nitrogen and oxygen atoms in total. The van der Waals surface area contributed by atoms with Crippen LogP contribution in [0.1, 0.15) is 22.9 Å². The molecule has 6 heteroatoms. The molecule has 0 bridgehead atoms. The normalized spacial score (nSPS) is 11.7. The quantitative estimate of drug-likeness (QED) is 0.650. The van der Waals surface area contributed by atoms with Crippen molar-refractivity contribution in [1.82, 2.24) is 0 Å². The smallest absolute Gasteiger partial charge is 0.366 e. The lowest BCUT2D eigenvalue weighted by Gasteiger charge is -2.26. The molecule has 2 aromatic rings. The minimum absolute atomic E-state index is 0.0699. The van der Waals surface area contributed by atoms with Crippen LogP contribution in [0.25, 0.3) is 0 Å². The van der Waals surface area contributed by atoms with E-state index in [-0.39, 0.29) is 11.6 Å². The SMILES string of the molecule is CCN(Cc1cccs1)c1ccc(CCl)cc1C(F)(F)F. The highest BCUT2D eigenvalue weighted by Gasteiger charge is 2.35. The molecule has 1 aromatic heterocycles. The first-order valence-electron chi connectivity index (χ1n) is 6.49. The summed E-state index contributed by atoms with van der Waals surface area (Å²) in [6.07, 6.45) is -4.39. The van der Waals surface area contributed by atoms with E-state index in [2.05, 4.69) is 0 Å². The minimum atomic E-state index is -4.39. The van der Waals surface area contributed by atoms with Crippen LogP contribution >= 0.6 is 22.9 Å². The first-order valence-corrected chi connectivity index (χ1v) is 7.90. The Morgan fingerprint density at radius 1 is 1.24 bits per heavy atom. The standard InChI is InChI=1S/C15H15ClF3NS/c1-2-20(10-12-4-3-7-21-12)14-6-5-11(9-16)8-13(14)15(17,18)19/h3-8H,2,9-10H2,1H3. The molecule has 0 unspecified atom stereocenters. The van der Waals surface area contributed by atoms with E-state index >= 15 is 0 Å². The molecule has 0 radical (unpaired) electrons. The van der Waals surface area contributed by atoms with Gasteiger partial charge in [-0.05, 0) is 36.1 Å². The van der Waals surface area contributed by atoms with Gasteiger partial charge in [0, 0.05) is 23.0 Å². The summed E-state index contributed by atoms with van der Waals surface area (Å²) < 4.78 is 39.8. The molecule has 0 aliphatic carbocycles. The van der Waals surface area contributed by atoms with E-state index in [1.165, 1.54) is 17.4 Å². The van der Waals surface area contributed by atoms with Crippen LogP contribution < -0.4 is 4.90 Å². The number of anilines is 1. The van der Waals surface area contributed by atoms with Crippen molar-refractivity contribution in [3.63, 3.8) is 0 Å². The van der Waals surface area contributed by atoms with Gasteiger partial charge in [-0.15, -0.1) is 22.9 Å². The average molecular weight is 334 g/mol. The maximum Gasteiger partial charge on any atom is 0.418 e. The average Bonchev–Trinajstić information content (AvgIpc) is 2.96. The highest BCUT2D eigenvalue weighted by Crippen LogP contribution is 2.38. The summed E-state index contributed by atoms with van der Waals surface area (Å²) in [7, 11) is 0. The van der Waals surface area contributed by atoms with Crippen molar-refractivity contribution >= 4 is 28.6 Å². The predicted octanol–water partition coefficient (Wildman–Crippen LogP) is 5.53. The molecule has 1 aromatic carbocycles. The Kier molecular flexibility index (Phi) is 5.17. The number of rotatable bonds is 5. The number of alkyl halides is 4. The zero-order chi connectivity index (χ0) is 15.5. The van der Waals surface area contributed by atoms with Gasteiger partial charge < -0.3 is 4.90 Å². The molecule has 0 N–H and O–H groups in total. The van der Waals surface area contributed by atoms with Crippen LogP contribution in [0.2, 0.25) is 0 Å². The van der Waals surface area contributed by atoms with Crippen LogP contribution in [-0.2, 0) is 18.6 Å². The molecule has 0 saturated carbocycles. The van der Waals surface area contributed by atoms with Gasteiger partial charge in [-0.25, -0.2) is 0 Å². The Bertz CT molecular complexity index is 581. The first kappa shape index (κ1) is 16.2. The molecule has 0 spiro atoms. The zero-order valence-electron chi connectivity index (χ0n) is 11.5. The van der Waals surface area contributed by atoms with E-state index in [1.807, 2.05) is 24.4 Å². The molecular formula is C15H15ClF3NS. The molecule has 21 heavy (non-hydrogen) atoms. The second-order valence-corrected chi connectivity index (χ2v) is 5.88. The third-order valence-corrected chi connectivity index (χ3v) is 4.34. The van der Waals surface area contributed by atoms with E-state index in [1.54, 1.807) is 11.0 Å². The summed E-state index contributed by atoms with van der Waals surface area (Å²) in [5.74, 6) is 0.0699. The Morgan fingerprint density at radius 3 is 2.52 bits per heavy atom. The lowest BCUT2D eigenvalue weighted by atomic mass is 10.1. The van der Waals surface area contributed by atoms with Gasteiger partial charge in [-0.3, -0.25) is 0 Å².